The minimum atomic E-state index is -0.486. The molecule has 0 saturated carbocycles. The highest BCUT2D eigenvalue weighted by atomic mass is 16.6. The number of carbonyl (C=O) groups excluding carboxylic acids is 2. The summed E-state index contributed by atoms with van der Waals surface area (Å²) in [6.07, 6.45) is 4.92. The van der Waals surface area contributed by atoms with Crippen molar-refractivity contribution in [3.63, 3.8) is 0 Å². The molecule has 0 amide bonds. The van der Waals surface area contributed by atoms with Gasteiger partial charge in [-0.1, -0.05) is 6.07 Å². The Bertz CT molecular complexity index is 783. The second-order valence-corrected chi connectivity index (χ2v) is 4.75. The molecule has 1 aromatic carbocycles. The Morgan fingerprint density at radius 2 is 2.22 bits per heavy atom. The number of fused-ring (bicyclic) bond motifs is 1. The summed E-state index contributed by atoms with van der Waals surface area (Å²) in [6, 6.07) is 8.38. The standard InChI is InChI=1S/C17H13NO5/c1-21-16(19)10-22-12-4-5-13-14(8-12)23-15(17(13)20)7-11-3-2-6-18-9-11/h2-9H,10H2,1H3/b15-7+. The molecule has 116 valence electrons. The Kier molecular flexibility index (Phi) is 4.05. The van der Waals surface area contributed by atoms with Crippen molar-refractivity contribution in [3.05, 3.63) is 59.6 Å². The number of hydrogen-bond acceptors (Lipinski definition) is 6. The molecular weight excluding hydrogens is 298 g/mol. The van der Waals surface area contributed by atoms with Gasteiger partial charge in [0.1, 0.15) is 11.5 Å². The Morgan fingerprint density at radius 1 is 1.35 bits per heavy atom. The first-order valence-corrected chi connectivity index (χ1v) is 6.85. The van der Waals surface area contributed by atoms with E-state index in [1.165, 1.54) is 7.11 Å². The second kappa shape index (κ2) is 6.31. The minimum absolute atomic E-state index is 0.205. The van der Waals surface area contributed by atoms with Crippen LogP contribution < -0.4 is 9.47 Å². The molecule has 23 heavy (non-hydrogen) atoms. The van der Waals surface area contributed by atoms with E-state index in [1.54, 1.807) is 42.7 Å². The quantitative estimate of drug-likeness (QED) is 0.637. The van der Waals surface area contributed by atoms with Crippen molar-refractivity contribution in [2.45, 2.75) is 0 Å². The van der Waals surface area contributed by atoms with Crippen LogP contribution in [0, 0.1) is 0 Å². The van der Waals surface area contributed by atoms with Crippen molar-refractivity contribution in [2.75, 3.05) is 13.7 Å². The topological polar surface area (TPSA) is 74.7 Å². The number of Topliss-reactive ketones (excluding diaryl/α,β-unsaturated/α-hetero) is 1. The molecule has 0 spiro atoms. The van der Waals surface area contributed by atoms with E-state index in [-0.39, 0.29) is 18.1 Å². The largest absolute Gasteiger partial charge is 0.482 e. The molecule has 1 aromatic heterocycles. The van der Waals surface area contributed by atoms with Crippen LogP contribution in [0.5, 0.6) is 11.5 Å². The first-order chi connectivity index (χ1) is 11.2. The van der Waals surface area contributed by atoms with Gasteiger partial charge in [-0.05, 0) is 29.8 Å². The van der Waals surface area contributed by atoms with E-state index in [9.17, 15) is 9.59 Å². The van der Waals surface area contributed by atoms with Crippen molar-refractivity contribution in [1.29, 1.82) is 0 Å². The van der Waals surface area contributed by atoms with Gasteiger partial charge in [0.2, 0.25) is 5.78 Å². The van der Waals surface area contributed by atoms with Gasteiger partial charge in [0.25, 0.3) is 0 Å². The zero-order chi connectivity index (χ0) is 16.2. The van der Waals surface area contributed by atoms with Gasteiger partial charge in [0, 0.05) is 18.5 Å². The maximum absolute atomic E-state index is 12.3. The van der Waals surface area contributed by atoms with Crippen molar-refractivity contribution >= 4 is 17.8 Å². The number of nitrogens with zero attached hydrogens (tertiary/aromatic N) is 1. The number of esters is 1. The van der Waals surface area contributed by atoms with E-state index in [0.29, 0.717) is 17.1 Å². The summed E-state index contributed by atoms with van der Waals surface area (Å²) < 4.78 is 15.4. The van der Waals surface area contributed by atoms with E-state index in [2.05, 4.69) is 9.72 Å². The van der Waals surface area contributed by atoms with Crippen LogP contribution in [0.4, 0.5) is 0 Å². The van der Waals surface area contributed by atoms with E-state index >= 15 is 0 Å². The van der Waals surface area contributed by atoms with Crippen LogP contribution in [-0.4, -0.2) is 30.5 Å². The van der Waals surface area contributed by atoms with Gasteiger partial charge in [-0.3, -0.25) is 9.78 Å². The number of methoxy groups -OCH3 is 1. The number of carbonyl (C=O) groups is 2. The molecule has 0 bridgehead atoms. The zero-order valence-corrected chi connectivity index (χ0v) is 12.3. The number of hydrogen-bond donors (Lipinski definition) is 0. The lowest BCUT2D eigenvalue weighted by Crippen LogP contribution is -2.12. The first-order valence-electron chi connectivity index (χ1n) is 6.85. The lowest BCUT2D eigenvalue weighted by molar-refractivity contribution is -0.142. The Balaban J connectivity index is 1.80. The molecule has 1 aliphatic heterocycles. The molecule has 0 aliphatic carbocycles. The van der Waals surface area contributed by atoms with Gasteiger partial charge in [0.15, 0.2) is 12.4 Å². The molecule has 1 aliphatic rings. The van der Waals surface area contributed by atoms with Crippen molar-refractivity contribution in [1.82, 2.24) is 4.98 Å². The van der Waals surface area contributed by atoms with Crippen LogP contribution in [-0.2, 0) is 9.53 Å². The number of benzene rings is 1. The highest BCUT2D eigenvalue weighted by Gasteiger charge is 2.27. The third-order valence-corrected chi connectivity index (χ3v) is 3.21. The maximum Gasteiger partial charge on any atom is 0.343 e. The summed E-state index contributed by atoms with van der Waals surface area (Å²) in [4.78, 5) is 27.4. The third-order valence-electron chi connectivity index (χ3n) is 3.21. The molecule has 6 heteroatoms. The van der Waals surface area contributed by atoms with Crippen LogP contribution in [0.2, 0.25) is 0 Å². The highest BCUT2D eigenvalue weighted by molar-refractivity contribution is 6.14. The van der Waals surface area contributed by atoms with Gasteiger partial charge in [0.05, 0.1) is 12.7 Å². The lowest BCUT2D eigenvalue weighted by atomic mass is 10.1. The smallest absolute Gasteiger partial charge is 0.343 e. The van der Waals surface area contributed by atoms with Crippen LogP contribution in [0.3, 0.4) is 0 Å². The molecule has 0 atom stereocenters. The van der Waals surface area contributed by atoms with Crippen molar-refractivity contribution in [3.8, 4) is 11.5 Å². The number of allylic oxidation sites excluding steroid dienone is 1. The predicted molar refractivity (Wildman–Crippen MR) is 81.1 cm³/mol. The predicted octanol–water partition coefficient (Wildman–Crippen LogP) is 2.25. The third kappa shape index (κ3) is 3.21. The van der Waals surface area contributed by atoms with Gasteiger partial charge >= 0.3 is 5.97 Å². The number of pyridine rings is 1. The van der Waals surface area contributed by atoms with Crippen LogP contribution in [0.15, 0.2) is 48.5 Å². The zero-order valence-electron chi connectivity index (χ0n) is 12.3. The molecule has 0 fully saturated rings. The summed E-state index contributed by atoms with van der Waals surface area (Å²) in [5.74, 6) is 0.346. The molecule has 3 rings (SSSR count). The van der Waals surface area contributed by atoms with Gasteiger partial charge < -0.3 is 14.2 Å². The number of rotatable bonds is 4. The minimum Gasteiger partial charge on any atom is -0.482 e. The molecule has 6 nitrogen and oxygen atoms in total. The fourth-order valence-electron chi connectivity index (χ4n) is 2.07. The summed E-state index contributed by atoms with van der Waals surface area (Å²) in [5, 5.41) is 0. The van der Waals surface area contributed by atoms with Crippen LogP contribution in [0.1, 0.15) is 15.9 Å². The molecule has 0 N–H and O–H groups in total. The molecule has 0 radical (unpaired) electrons. The average Bonchev–Trinajstić information content (AvgIpc) is 2.89. The van der Waals surface area contributed by atoms with Gasteiger partial charge in [-0.25, -0.2) is 4.79 Å². The van der Waals surface area contributed by atoms with Crippen LogP contribution in [0.25, 0.3) is 6.08 Å². The SMILES string of the molecule is COC(=O)COc1ccc2c(c1)O/C(=C/c1cccnc1)C2=O. The summed E-state index contributed by atoms with van der Waals surface area (Å²) in [5.41, 5.74) is 1.22. The fourth-order valence-corrected chi connectivity index (χ4v) is 2.07. The Morgan fingerprint density at radius 3 is 2.96 bits per heavy atom. The highest BCUT2D eigenvalue weighted by Crippen LogP contribution is 2.34. The average molecular weight is 311 g/mol. The molecule has 2 heterocycles. The van der Waals surface area contributed by atoms with Crippen LogP contribution >= 0.6 is 0 Å². The molecule has 0 saturated heterocycles. The van der Waals surface area contributed by atoms with E-state index in [4.69, 9.17) is 9.47 Å². The number of ether oxygens (including phenoxy) is 3. The van der Waals surface area contributed by atoms with E-state index < -0.39 is 5.97 Å². The summed E-state index contributed by atoms with van der Waals surface area (Å²) >= 11 is 0. The maximum atomic E-state index is 12.3. The Labute approximate surface area is 132 Å². The number of aromatic nitrogens is 1. The molecular formula is C17H13NO5. The molecule has 2 aromatic rings. The van der Waals surface area contributed by atoms with Gasteiger partial charge in [-0.2, -0.15) is 0 Å². The van der Waals surface area contributed by atoms with E-state index in [1.807, 2.05) is 6.07 Å². The first kappa shape index (κ1) is 14.8. The summed E-state index contributed by atoms with van der Waals surface area (Å²) in [6.45, 7) is -0.207. The van der Waals surface area contributed by atoms with Crippen molar-refractivity contribution in [2.24, 2.45) is 0 Å². The fraction of sp³-hybridized carbons (Fsp3) is 0.118. The monoisotopic (exact) mass is 311 g/mol. The second-order valence-electron chi connectivity index (χ2n) is 4.75. The van der Waals surface area contributed by atoms with Gasteiger partial charge in [-0.15, -0.1) is 0 Å². The van der Waals surface area contributed by atoms with E-state index in [0.717, 1.165) is 5.56 Å². The molecule has 0 unspecified atom stereocenters. The Hall–Kier alpha value is -3.15. The number of ketones is 1. The summed E-state index contributed by atoms with van der Waals surface area (Å²) in [7, 11) is 1.28. The lowest BCUT2D eigenvalue weighted by Gasteiger charge is -2.05. The normalized spacial score (nSPS) is 14.3. The van der Waals surface area contributed by atoms with Crippen molar-refractivity contribution < 1.29 is 23.8 Å².